The highest BCUT2D eigenvalue weighted by Crippen LogP contribution is 2.08. The largest absolute Gasteiger partial charge is 0.311 e. The van der Waals surface area contributed by atoms with Gasteiger partial charge < -0.3 is 5.43 Å². The van der Waals surface area contributed by atoms with Crippen LogP contribution in [0.1, 0.15) is 32.6 Å². The molecule has 0 aromatic rings. The first kappa shape index (κ1) is 11.0. The van der Waals surface area contributed by atoms with Gasteiger partial charge in [-0.05, 0) is 12.8 Å². The maximum Gasteiger partial charge on any atom is 0.272 e. The first-order valence-corrected chi connectivity index (χ1v) is 4.43. The molecular formula is C9H18N3+. The van der Waals surface area contributed by atoms with Gasteiger partial charge in [0, 0.05) is 26.1 Å². The van der Waals surface area contributed by atoms with Crippen LogP contribution in [0.3, 0.4) is 0 Å². The number of hydrogen-bond acceptors (Lipinski definition) is 2. The van der Waals surface area contributed by atoms with Gasteiger partial charge in [0.1, 0.15) is 0 Å². The minimum atomic E-state index is 0.321. The number of hydrazone groups is 1. The second kappa shape index (κ2) is 8.06. The van der Waals surface area contributed by atoms with Crippen LogP contribution >= 0.6 is 0 Å². The Morgan fingerprint density at radius 1 is 1.58 bits per heavy atom. The summed E-state index contributed by atoms with van der Waals surface area (Å²) in [4.78, 5) is 3.80. The van der Waals surface area contributed by atoms with E-state index < -0.39 is 0 Å². The van der Waals surface area contributed by atoms with Gasteiger partial charge in [0.15, 0.2) is 0 Å². The summed E-state index contributed by atoms with van der Waals surface area (Å²) in [6, 6.07) is 0.321. The molecular weight excluding hydrogens is 150 g/mol. The van der Waals surface area contributed by atoms with Gasteiger partial charge in [-0.2, -0.15) is 5.10 Å². The van der Waals surface area contributed by atoms with Gasteiger partial charge >= 0.3 is 0 Å². The molecule has 1 atom stereocenters. The summed E-state index contributed by atoms with van der Waals surface area (Å²) >= 11 is 0. The monoisotopic (exact) mass is 168 g/mol. The quantitative estimate of drug-likeness (QED) is 0.352. The lowest BCUT2D eigenvalue weighted by Crippen LogP contribution is -2.10. The van der Waals surface area contributed by atoms with Crippen LogP contribution < -0.4 is 5.43 Å². The topological polar surface area (TPSA) is 28.8 Å². The predicted molar refractivity (Wildman–Crippen MR) is 53.8 cm³/mol. The smallest absolute Gasteiger partial charge is 0.272 e. The number of nitrogens with zero attached hydrogens (tertiary/aromatic N) is 2. The minimum Gasteiger partial charge on any atom is -0.311 e. The molecule has 0 spiro atoms. The molecule has 0 amide bonds. The van der Waals surface area contributed by atoms with E-state index in [-0.39, 0.29) is 0 Å². The van der Waals surface area contributed by atoms with Crippen molar-refractivity contribution in [3.63, 3.8) is 0 Å². The Labute approximate surface area is 74.7 Å². The summed E-state index contributed by atoms with van der Waals surface area (Å²) in [7, 11) is 0. The highest BCUT2D eigenvalue weighted by Gasteiger charge is 2.13. The summed E-state index contributed by atoms with van der Waals surface area (Å²) in [6.45, 7) is 11.6. The van der Waals surface area contributed by atoms with E-state index in [1.54, 1.807) is 0 Å². The summed E-state index contributed by atoms with van der Waals surface area (Å²) in [6.07, 6.45) is 4.30. The third-order valence-electron chi connectivity index (χ3n) is 1.77. The molecule has 1 N–H and O–H groups in total. The Kier molecular flexibility index (Phi) is 7.36. The lowest BCUT2D eigenvalue weighted by Gasteiger charge is -2.00. The van der Waals surface area contributed by atoms with E-state index in [1.807, 2.05) is 0 Å². The zero-order chi connectivity index (χ0) is 9.23. The van der Waals surface area contributed by atoms with E-state index >= 15 is 0 Å². The molecule has 0 bridgehead atoms. The lowest BCUT2D eigenvalue weighted by molar-refractivity contribution is 0.572. The van der Waals surface area contributed by atoms with Crippen molar-refractivity contribution in [3.05, 3.63) is 4.85 Å². The van der Waals surface area contributed by atoms with Gasteiger partial charge in [-0.25, -0.2) is 0 Å². The molecule has 0 aromatic carbocycles. The van der Waals surface area contributed by atoms with Crippen LogP contribution in [0.4, 0.5) is 0 Å². The molecule has 3 nitrogen and oxygen atoms in total. The normalized spacial score (nSPS) is 11.7. The molecule has 0 radical (unpaired) electrons. The van der Waals surface area contributed by atoms with Crippen molar-refractivity contribution in [1.82, 2.24) is 5.43 Å². The molecule has 0 saturated heterocycles. The second-order valence-corrected chi connectivity index (χ2v) is 2.80. The second-order valence-electron chi connectivity index (χ2n) is 2.80. The number of rotatable bonds is 7. The van der Waals surface area contributed by atoms with E-state index in [0.29, 0.717) is 6.04 Å². The maximum atomic E-state index is 5.24. The van der Waals surface area contributed by atoms with Gasteiger partial charge in [0.25, 0.3) is 12.6 Å². The van der Waals surface area contributed by atoms with Gasteiger partial charge in [0.05, 0.1) is 0 Å². The average molecular weight is 168 g/mol. The summed E-state index contributed by atoms with van der Waals surface area (Å²) in [5.74, 6) is 0. The fourth-order valence-electron chi connectivity index (χ4n) is 1.12. The molecule has 68 valence electrons. The molecule has 0 rings (SSSR count). The first-order chi connectivity index (χ1) is 5.85. The molecule has 0 aromatic heterocycles. The van der Waals surface area contributed by atoms with Crippen LogP contribution in [0.2, 0.25) is 0 Å². The molecule has 1 unspecified atom stereocenters. The third kappa shape index (κ3) is 5.72. The number of hydrogen-bond donors (Lipinski definition) is 1. The van der Waals surface area contributed by atoms with Gasteiger partial charge in [-0.15, -0.1) is 0 Å². The van der Waals surface area contributed by atoms with Crippen LogP contribution in [-0.4, -0.2) is 19.3 Å². The molecule has 0 fully saturated rings. The number of nitrogens with one attached hydrogen (secondary N) is 1. The van der Waals surface area contributed by atoms with E-state index in [2.05, 4.69) is 29.0 Å². The lowest BCUT2D eigenvalue weighted by atomic mass is 10.1. The molecule has 0 heterocycles. The van der Waals surface area contributed by atoms with Gasteiger partial charge in [0.2, 0.25) is 0 Å². The van der Waals surface area contributed by atoms with Crippen molar-refractivity contribution in [2.45, 2.75) is 38.6 Å². The zero-order valence-corrected chi connectivity index (χ0v) is 7.79. The van der Waals surface area contributed by atoms with Gasteiger partial charge in [-0.1, -0.05) is 11.8 Å². The Morgan fingerprint density at radius 3 is 2.83 bits per heavy atom. The highest BCUT2D eigenvalue weighted by molar-refractivity contribution is 5.22. The van der Waals surface area contributed by atoms with Crippen LogP contribution in [-0.2, 0) is 0 Å². The molecule has 3 heteroatoms. The predicted octanol–water partition coefficient (Wildman–Crippen LogP) is 2.10. The van der Waals surface area contributed by atoms with Crippen LogP contribution in [0, 0.1) is 6.57 Å². The fraction of sp³-hybridized carbons (Fsp3) is 0.778. The van der Waals surface area contributed by atoms with Crippen LogP contribution in [0.15, 0.2) is 5.10 Å². The first-order valence-electron chi connectivity index (χ1n) is 4.43. The van der Waals surface area contributed by atoms with Crippen molar-refractivity contribution in [1.29, 1.82) is 0 Å². The summed E-state index contributed by atoms with van der Waals surface area (Å²) in [5.41, 5.74) is 2.80. The molecule has 0 aliphatic carbocycles. The maximum absolute atomic E-state index is 5.24. The SMILES string of the molecule is C#[N+]C(CCC)CCCNN=C. The van der Waals surface area contributed by atoms with E-state index in [9.17, 15) is 0 Å². The van der Waals surface area contributed by atoms with Crippen molar-refractivity contribution in [2.24, 2.45) is 5.10 Å². The van der Waals surface area contributed by atoms with Crippen molar-refractivity contribution >= 4 is 6.72 Å². The molecule has 12 heavy (non-hydrogen) atoms. The van der Waals surface area contributed by atoms with Crippen molar-refractivity contribution in [3.8, 4) is 6.57 Å². The fourth-order valence-corrected chi connectivity index (χ4v) is 1.12. The summed E-state index contributed by atoms with van der Waals surface area (Å²) in [5, 5.41) is 3.54. The average Bonchev–Trinajstić information content (AvgIpc) is 2.10. The molecule has 0 saturated carbocycles. The van der Waals surface area contributed by atoms with Crippen molar-refractivity contribution in [2.75, 3.05) is 6.54 Å². The Morgan fingerprint density at radius 2 is 2.33 bits per heavy atom. The third-order valence-corrected chi connectivity index (χ3v) is 1.77. The van der Waals surface area contributed by atoms with E-state index in [4.69, 9.17) is 6.57 Å². The van der Waals surface area contributed by atoms with Crippen molar-refractivity contribution < 1.29 is 0 Å². The molecule has 0 aliphatic rings. The Hall–Kier alpha value is -1.04. The molecule has 0 aliphatic heterocycles. The van der Waals surface area contributed by atoms with Gasteiger partial charge in [-0.3, -0.25) is 0 Å². The van der Waals surface area contributed by atoms with Crippen LogP contribution in [0.5, 0.6) is 0 Å². The minimum absolute atomic E-state index is 0.321. The zero-order valence-electron chi connectivity index (χ0n) is 7.79. The summed E-state index contributed by atoms with van der Waals surface area (Å²) < 4.78 is 0. The van der Waals surface area contributed by atoms with E-state index in [1.165, 1.54) is 0 Å². The highest BCUT2D eigenvalue weighted by atomic mass is 15.3. The van der Waals surface area contributed by atoms with E-state index in [0.717, 1.165) is 32.2 Å². The Bertz CT molecular complexity index is 148. The Balaban J connectivity index is 3.33. The van der Waals surface area contributed by atoms with Crippen LogP contribution in [0.25, 0.3) is 4.85 Å². The standard InChI is InChI=1S/C9H18N3/c1-4-6-9(10-2)7-5-8-12-11-3/h2,9,12H,3-8H2,1H3/q+1.